The highest BCUT2D eigenvalue weighted by Crippen LogP contribution is 2.28. The summed E-state index contributed by atoms with van der Waals surface area (Å²) < 4.78 is 5.23. The van der Waals surface area contributed by atoms with E-state index >= 15 is 0 Å². The number of hydrogen-bond acceptors (Lipinski definition) is 4. The van der Waals surface area contributed by atoms with Gasteiger partial charge in [-0.15, -0.1) is 11.3 Å². The Morgan fingerprint density at radius 1 is 1.16 bits per heavy atom. The molecule has 4 heteroatoms. The largest absolute Gasteiger partial charge is 0.497 e. The van der Waals surface area contributed by atoms with Crippen LogP contribution in [0, 0.1) is 25.2 Å². The maximum atomic E-state index is 9.54. The zero-order valence-electron chi connectivity index (χ0n) is 14.4. The second-order valence-corrected chi connectivity index (χ2v) is 6.64. The molecule has 0 bridgehead atoms. The molecule has 0 aliphatic rings. The average molecular weight is 346 g/mol. The van der Waals surface area contributed by atoms with Gasteiger partial charge < -0.3 is 4.74 Å². The predicted octanol–water partition coefficient (Wildman–Crippen LogP) is 5.50. The van der Waals surface area contributed by atoms with E-state index in [1.54, 1.807) is 7.11 Å². The van der Waals surface area contributed by atoms with Crippen molar-refractivity contribution < 1.29 is 4.74 Å². The van der Waals surface area contributed by atoms with Gasteiger partial charge in [-0.3, -0.25) is 0 Å². The summed E-state index contributed by atoms with van der Waals surface area (Å²) in [7, 11) is 1.63. The smallest absolute Gasteiger partial charge is 0.134 e. The average Bonchev–Trinajstić information content (AvgIpc) is 3.12. The molecule has 1 aromatic heterocycles. The van der Waals surface area contributed by atoms with E-state index in [2.05, 4.69) is 43.1 Å². The number of benzene rings is 2. The lowest BCUT2D eigenvalue weighted by Crippen LogP contribution is -1.86. The molecule has 0 N–H and O–H groups in total. The van der Waals surface area contributed by atoms with Crippen molar-refractivity contribution in [2.75, 3.05) is 7.11 Å². The molecule has 124 valence electrons. The van der Waals surface area contributed by atoms with E-state index in [0.29, 0.717) is 5.57 Å². The van der Waals surface area contributed by atoms with Crippen LogP contribution in [0.3, 0.4) is 0 Å². The second-order valence-electron chi connectivity index (χ2n) is 5.78. The van der Waals surface area contributed by atoms with Crippen LogP contribution in [0.5, 0.6) is 5.75 Å². The van der Waals surface area contributed by atoms with E-state index < -0.39 is 0 Å². The van der Waals surface area contributed by atoms with Gasteiger partial charge in [-0.1, -0.05) is 24.3 Å². The molecule has 0 radical (unpaired) electrons. The molecule has 2 aromatic carbocycles. The lowest BCUT2D eigenvalue weighted by atomic mass is 10.1. The predicted molar refractivity (Wildman–Crippen MR) is 104 cm³/mol. The van der Waals surface area contributed by atoms with Gasteiger partial charge in [0.05, 0.1) is 18.4 Å². The molecule has 0 spiro atoms. The van der Waals surface area contributed by atoms with Gasteiger partial charge in [-0.2, -0.15) is 5.26 Å². The Kier molecular flexibility index (Phi) is 4.97. The summed E-state index contributed by atoms with van der Waals surface area (Å²) >= 11 is 1.48. The number of hydrogen-bond donors (Lipinski definition) is 0. The molecular weight excluding hydrogens is 328 g/mol. The number of methoxy groups -OCH3 is 1. The maximum Gasteiger partial charge on any atom is 0.134 e. The van der Waals surface area contributed by atoms with Crippen molar-refractivity contribution in [3.63, 3.8) is 0 Å². The third-order valence-corrected chi connectivity index (χ3v) is 4.94. The van der Waals surface area contributed by atoms with Gasteiger partial charge in [0.25, 0.3) is 0 Å². The van der Waals surface area contributed by atoms with Crippen LogP contribution < -0.4 is 4.74 Å². The molecule has 0 saturated carbocycles. The summed E-state index contributed by atoms with van der Waals surface area (Å²) in [6.07, 6.45) is 1.84. The molecule has 0 atom stereocenters. The third-order valence-electron chi connectivity index (χ3n) is 4.06. The third kappa shape index (κ3) is 3.78. The van der Waals surface area contributed by atoms with Crippen LogP contribution in [0.25, 0.3) is 22.9 Å². The monoisotopic (exact) mass is 346 g/mol. The van der Waals surface area contributed by atoms with Crippen molar-refractivity contribution in [3.05, 3.63) is 69.5 Å². The van der Waals surface area contributed by atoms with E-state index in [1.807, 2.05) is 35.7 Å². The van der Waals surface area contributed by atoms with Crippen LogP contribution >= 0.6 is 11.3 Å². The maximum absolute atomic E-state index is 9.54. The van der Waals surface area contributed by atoms with Gasteiger partial charge >= 0.3 is 0 Å². The van der Waals surface area contributed by atoms with Crippen molar-refractivity contribution in [1.29, 1.82) is 5.26 Å². The second kappa shape index (κ2) is 7.33. The highest BCUT2D eigenvalue weighted by molar-refractivity contribution is 7.11. The first kappa shape index (κ1) is 16.9. The van der Waals surface area contributed by atoms with Crippen LogP contribution in [0.2, 0.25) is 0 Å². The minimum Gasteiger partial charge on any atom is -0.497 e. The van der Waals surface area contributed by atoms with Crippen molar-refractivity contribution >= 4 is 23.0 Å². The SMILES string of the molecule is COc1cccc(/C=C(\C#N)c2nc(-c3ccc(C)c(C)c3)cs2)c1. The normalized spacial score (nSPS) is 11.2. The van der Waals surface area contributed by atoms with E-state index in [0.717, 1.165) is 27.6 Å². The van der Waals surface area contributed by atoms with Crippen LogP contribution in [0.15, 0.2) is 47.8 Å². The molecule has 1 heterocycles. The van der Waals surface area contributed by atoms with Crippen LogP contribution in [0.4, 0.5) is 0 Å². The number of thiazole rings is 1. The van der Waals surface area contributed by atoms with Crippen LogP contribution in [-0.2, 0) is 0 Å². The fourth-order valence-electron chi connectivity index (χ4n) is 2.47. The van der Waals surface area contributed by atoms with Gasteiger partial charge in [0, 0.05) is 10.9 Å². The number of aryl methyl sites for hydroxylation is 2. The lowest BCUT2D eigenvalue weighted by molar-refractivity contribution is 0.414. The first-order valence-corrected chi connectivity index (χ1v) is 8.78. The highest BCUT2D eigenvalue weighted by Gasteiger charge is 2.10. The quantitative estimate of drug-likeness (QED) is 0.586. The Labute approximate surface area is 151 Å². The van der Waals surface area contributed by atoms with E-state index in [4.69, 9.17) is 4.74 Å². The molecule has 25 heavy (non-hydrogen) atoms. The topological polar surface area (TPSA) is 45.9 Å². The number of nitrogens with zero attached hydrogens (tertiary/aromatic N) is 2. The van der Waals surface area contributed by atoms with E-state index in [9.17, 15) is 5.26 Å². The number of nitriles is 1. The Hall–Kier alpha value is -2.90. The van der Waals surface area contributed by atoms with Crippen molar-refractivity contribution in [2.45, 2.75) is 13.8 Å². The van der Waals surface area contributed by atoms with Gasteiger partial charge in [-0.25, -0.2) is 4.98 Å². The molecule has 0 aliphatic carbocycles. The van der Waals surface area contributed by atoms with Crippen molar-refractivity contribution in [3.8, 4) is 23.1 Å². The Morgan fingerprint density at radius 3 is 2.72 bits per heavy atom. The minimum absolute atomic E-state index is 0.549. The zero-order valence-corrected chi connectivity index (χ0v) is 15.2. The van der Waals surface area contributed by atoms with Gasteiger partial charge in [-0.05, 0) is 54.8 Å². The molecule has 3 nitrogen and oxygen atoms in total. The van der Waals surface area contributed by atoms with Crippen molar-refractivity contribution in [1.82, 2.24) is 4.98 Å². The fourth-order valence-corrected chi connectivity index (χ4v) is 3.27. The molecule has 0 aliphatic heterocycles. The molecule has 0 fully saturated rings. The van der Waals surface area contributed by atoms with E-state index in [-0.39, 0.29) is 0 Å². The summed E-state index contributed by atoms with van der Waals surface area (Å²) in [5, 5.41) is 12.3. The van der Waals surface area contributed by atoms with Gasteiger partial charge in [0.15, 0.2) is 0 Å². The highest BCUT2D eigenvalue weighted by atomic mass is 32.1. The van der Waals surface area contributed by atoms with Crippen LogP contribution in [0.1, 0.15) is 21.7 Å². The summed E-state index contributed by atoms with van der Waals surface area (Å²) in [5.41, 5.74) is 5.93. The Morgan fingerprint density at radius 2 is 2.00 bits per heavy atom. The zero-order chi connectivity index (χ0) is 17.8. The first-order valence-electron chi connectivity index (χ1n) is 7.90. The first-order chi connectivity index (χ1) is 12.1. The summed E-state index contributed by atoms with van der Waals surface area (Å²) in [4.78, 5) is 4.66. The number of aromatic nitrogens is 1. The van der Waals surface area contributed by atoms with Crippen molar-refractivity contribution in [2.24, 2.45) is 0 Å². The molecule has 0 unspecified atom stereocenters. The molecule has 3 rings (SSSR count). The van der Waals surface area contributed by atoms with Gasteiger partial charge in [0.2, 0.25) is 0 Å². The Bertz CT molecular complexity index is 980. The molecule has 3 aromatic rings. The summed E-state index contributed by atoms with van der Waals surface area (Å²) in [6, 6.07) is 16.2. The standard InChI is InChI=1S/C21H18N2OS/c1-14-7-8-17(9-15(14)2)20-13-25-21(23-20)18(12-22)10-16-5-4-6-19(11-16)24-3/h4-11,13H,1-3H3/b18-10+. The van der Waals surface area contributed by atoms with Gasteiger partial charge in [0.1, 0.15) is 16.8 Å². The summed E-state index contributed by atoms with van der Waals surface area (Å²) in [5.74, 6) is 0.765. The summed E-state index contributed by atoms with van der Waals surface area (Å²) in [6.45, 7) is 4.19. The number of ether oxygens (including phenoxy) is 1. The Balaban J connectivity index is 1.95. The molecule has 0 saturated heterocycles. The minimum atomic E-state index is 0.549. The fraction of sp³-hybridized carbons (Fsp3) is 0.143. The number of allylic oxidation sites excluding steroid dienone is 1. The molecular formula is C21H18N2OS. The molecule has 0 amide bonds. The number of rotatable bonds is 4. The van der Waals surface area contributed by atoms with Crippen LogP contribution in [-0.4, -0.2) is 12.1 Å². The van der Waals surface area contributed by atoms with E-state index in [1.165, 1.54) is 22.5 Å². The lowest BCUT2D eigenvalue weighted by Gasteiger charge is -2.02.